The molecule has 5 rings (SSSR count). The smallest absolute Gasteiger partial charge is 0.249 e. The van der Waals surface area contributed by atoms with Gasteiger partial charge in [-0.1, -0.05) is 49.4 Å². The minimum absolute atomic E-state index is 0.234. The Kier molecular flexibility index (Phi) is 9.51. The van der Waals surface area contributed by atoms with Crippen LogP contribution in [-0.2, 0) is 25.7 Å². The van der Waals surface area contributed by atoms with E-state index in [0.717, 1.165) is 5.56 Å². The molecular formula is C36H45N3O6. The Morgan fingerprint density at radius 1 is 1.07 bits per heavy atom. The fourth-order valence-electron chi connectivity index (χ4n) is 7.70. The second-order valence-corrected chi connectivity index (χ2v) is 12.4. The molecule has 3 aliphatic rings. The number of hydrogen-bond donors (Lipinski definition) is 1. The average Bonchev–Trinajstić information content (AvgIpc) is 3.61. The van der Waals surface area contributed by atoms with Crippen LogP contribution in [0.15, 0.2) is 79.9 Å². The fraction of sp³-hybridized carbons (Fsp3) is 0.472. The lowest BCUT2D eigenvalue weighted by Crippen LogP contribution is -2.58. The van der Waals surface area contributed by atoms with Gasteiger partial charge in [-0.05, 0) is 62.9 Å². The number of aliphatic hydroxyl groups is 1. The molecule has 9 nitrogen and oxygen atoms in total. The summed E-state index contributed by atoms with van der Waals surface area (Å²) < 4.78 is 12.5. The van der Waals surface area contributed by atoms with E-state index in [4.69, 9.17) is 9.47 Å². The molecule has 2 bridgehead atoms. The summed E-state index contributed by atoms with van der Waals surface area (Å²) in [6.07, 6.45) is 4.75. The monoisotopic (exact) mass is 615 g/mol. The standard InChI is InChI=1S/C36H45N3O6/c1-6-21-37(23-25-13-11-10-12-14-25)34(43)31-36-20-19-35(5,45-36)29(30(36)33(42)39(31)26(8-3)24-40)32(41)38(22-7-2)27-15-17-28(18-16-27)44-9-4/h6-7,10-18,26,29-31,40H,1-2,8-9,19-24H2,3-5H3/t26-,29-,30-,31?,35+,36?/m0/s1. The Hall–Kier alpha value is -3.95. The van der Waals surface area contributed by atoms with Crippen molar-refractivity contribution in [3.05, 3.63) is 85.5 Å². The van der Waals surface area contributed by atoms with Gasteiger partial charge in [0.1, 0.15) is 17.4 Å². The second kappa shape index (κ2) is 13.2. The van der Waals surface area contributed by atoms with E-state index in [0.29, 0.717) is 43.9 Å². The molecule has 240 valence electrons. The van der Waals surface area contributed by atoms with Crippen LogP contribution in [0.1, 0.15) is 45.6 Å². The molecule has 3 aliphatic heterocycles. The largest absolute Gasteiger partial charge is 0.494 e. The first-order valence-electron chi connectivity index (χ1n) is 15.9. The Morgan fingerprint density at radius 2 is 1.76 bits per heavy atom. The number of ether oxygens (including phenoxy) is 2. The molecule has 2 unspecified atom stereocenters. The summed E-state index contributed by atoms with van der Waals surface area (Å²) in [5.41, 5.74) is -0.559. The Morgan fingerprint density at radius 3 is 2.36 bits per heavy atom. The van der Waals surface area contributed by atoms with Gasteiger partial charge in [-0.2, -0.15) is 0 Å². The maximum absolute atomic E-state index is 14.7. The molecule has 0 aromatic heterocycles. The van der Waals surface area contributed by atoms with Crippen molar-refractivity contribution in [1.29, 1.82) is 0 Å². The van der Waals surface area contributed by atoms with Gasteiger partial charge in [-0.25, -0.2) is 0 Å². The van der Waals surface area contributed by atoms with E-state index in [-0.39, 0.29) is 37.4 Å². The molecule has 3 amide bonds. The zero-order valence-corrected chi connectivity index (χ0v) is 26.6. The number of aliphatic hydroxyl groups excluding tert-OH is 1. The number of likely N-dealkylation sites (tertiary alicyclic amines) is 1. The van der Waals surface area contributed by atoms with Gasteiger partial charge in [0.2, 0.25) is 17.7 Å². The SMILES string of the molecule is C=CCN(Cc1ccccc1)C(=O)C1N([C@@H](CC)CO)C(=O)[C@@H]2[C@@H](C(=O)N(CC=C)c3ccc(OCC)cc3)[C@@]3(C)CCC12O3. The third-order valence-corrected chi connectivity index (χ3v) is 9.70. The highest BCUT2D eigenvalue weighted by atomic mass is 16.5. The highest BCUT2D eigenvalue weighted by molar-refractivity contribution is 6.03. The number of rotatable bonds is 14. The summed E-state index contributed by atoms with van der Waals surface area (Å²) in [5, 5.41) is 10.4. The van der Waals surface area contributed by atoms with Crippen LogP contribution in [0.5, 0.6) is 5.75 Å². The first kappa shape index (κ1) is 32.4. The number of carbonyl (C=O) groups excluding carboxylic acids is 3. The quantitative estimate of drug-likeness (QED) is 0.317. The number of benzene rings is 2. The van der Waals surface area contributed by atoms with Crippen LogP contribution in [0, 0.1) is 11.8 Å². The van der Waals surface area contributed by atoms with Crippen molar-refractivity contribution in [3.63, 3.8) is 0 Å². The Labute approximate surface area is 266 Å². The van der Waals surface area contributed by atoms with E-state index in [1.807, 2.05) is 75.4 Å². The summed E-state index contributed by atoms with van der Waals surface area (Å²) in [6.45, 7) is 14.5. The van der Waals surface area contributed by atoms with E-state index in [1.54, 1.807) is 22.0 Å². The predicted octanol–water partition coefficient (Wildman–Crippen LogP) is 4.35. The molecule has 0 saturated carbocycles. The predicted molar refractivity (Wildman–Crippen MR) is 172 cm³/mol. The molecule has 3 saturated heterocycles. The zero-order valence-electron chi connectivity index (χ0n) is 26.6. The van der Waals surface area contributed by atoms with Crippen molar-refractivity contribution < 1.29 is 29.0 Å². The summed E-state index contributed by atoms with van der Waals surface area (Å²) in [7, 11) is 0. The van der Waals surface area contributed by atoms with Crippen LogP contribution in [0.2, 0.25) is 0 Å². The maximum Gasteiger partial charge on any atom is 0.249 e. The molecule has 45 heavy (non-hydrogen) atoms. The molecule has 3 heterocycles. The molecule has 1 spiro atoms. The summed E-state index contributed by atoms with van der Waals surface area (Å²) >= 11 is 0. The van der Waals surface area contributed by atoms with Gasteiger partial charge in [0.05, 0.1) is 36.7 Å². The Bertz CT molecular complexity index is 1410. The highest BCUT2D eigenvalue weighted by Gasteiger charge is 2.78. The van der Waals surface area contributed by atoms with Gasteiger partial charge in [0.15, 0.2) is 0 Å². The van der Waals surface area contributed by atoms with E-state index in [1.165, 1.54) is 4.90 Å². The van der Waals surface area contributed by atoms with Crippen molar-refractivity contribution in [1.82, 2.24) is 9.80 Å². The van der Waals surface area contributed by atoms with Gasteiger partial charge in [0, 0.05) is 25.3 Å². The molecule has 9 heteroatoms. The number of hydrogen-bond acceptors (Lipinski definition) is 6. The lowest BCUT2D eigenvalue weighted by molar-refractivity contribution is -0.155. The van der Waals surface area contributed by atoms with Crippen LogP contribution in [-0.4, -0.2) is 82.2 Å². The van der Waals surface area contributed by atoms with E-state index in [2.05, 4.69) is 13.2 Å². The van der Waals surface area contributed by atoms with E-state index >= 15 is 0 Å². The summed E-state index contributed by atoms with van der Waals surface area (Å²) in [5.74, 6) is -1.86. The van der Waals surface area contributed by atoms with Crippen molar-refractivity contribution in [2.75, 3.05) is 31.2 Å². The van der Waals surface area contributed by atoms with Gasteiger partial charge in [-0.3, -0.25) is 14.4 Å². The van der Waals surface area contributed by atoms with Gasteiger partial charge in [0.25, 0.3) is 0 Å². The van der Waals surface area contributed by atoms with Crippen molar-refractivity contribution in [2.45, 2.75) is 69.9 Å². The molecule has 0 radical (unpaired) electrons. The van der Waals surface area contributed by atoms with Crippen LogP contribution in [0.25, 0.3) is 0 Å². The Balaban J connectivity index is 1.56. The minimum Gasteiger partial charge on any atom is -0.494 e. The third-order valence-electron chi connectivity index (χ3n) is 9.70. The van der Waals surface area contributed by atoms with Gasteiger partial charge >= 0.3 is 0 Å². The second-order valence-electron chi connectivity index (χ2n) is 12.4. The number of amides is 3. The van der Waals surface area contributed by atoms with Crippen LogP contribution < -0.4 is 9.64 Å². The molecule has 3 fully saturated rings. The molecule has 2 aromatic rings. The van der Waals surface area contributed by atoms with Crippen LogP contribution in [0.3, 0.4) is 0 Å². The lowest BCUT2D eigenvalue weighted by Gasteiger charge is -2.39. The van der Waals surface area contributed by atoms with Gasteiger partial charge in [-0.15, -0.1) is 13.2 Å². The van der Waals surface area contributed by atoms with Crippen molar-refractivity contribution >= 4 is 23.4 Å². The maximum atomic E-state index is 14.7. The molecular weight excluding hydrogens is 570 g/mol. The topological polar surface area (TPSA) is 99.6 Å². The van der Waals surface area contributed by atoms with Crippen molar-refractivity contribution in [3.8, 4) is 5.75 Å². The minimum atomic E-state index is -1.21. The first-order chi connectivity index (χ1) is 21.7. The highest BCUT2D eigenvalue weighted by Crippen LogP contribution is 2.64. The normalized spacial score (nSPS) is 27.2. The van der Waals surface area contributed by atoms with Crippen molar-refractivity contribution in [2.24, 2.45) is 11.8 Å². The zero-order chi connectivity index (χ0) is 32.4. The average molecular weight is 616 g/mol. The number of carbonyl (C=O) groups is 3. The van der Waals surface area contributed by atoms with Crippen LogP contribution >= 0.6 is 0 Å². The number of nitrogens with zero attached hydrogens (tertiary/aromatic N) is 3. The summed E-state index contributed by atoms with van der Waals surface area (Å²) in [6, 6.07) is 15.3. The summed E-state index contributed by atoms with van der Waals surface area (Å²) in [4.78, 5) is 48.8. The van der Waals surface area contributed by atoms with E-state index < -0.39 is 35.1 Å². The molecule has 2 aromatic carbocycles. The number of anilines is 1. The van der Waals surface area contributed by atoms with E-state index in [9.17, 15) is 19.5 Å². The third kappa shape index (κ3) is 5.57. The fourth-order valence-corrected chi connectivity index (χ4v) is 7.70. The molecule has 6 atom stereocenters. The molecule has 0 aliphatic carbocycles. The van der Waals surface area contributed by atoms with Crippen LogP contribution in [0.4, 0.5) is 5.69 Å². The lowest BCUT2D eigenvalue weighted by atomic mass is 9.66. The van der Waals surface area contributed by atoms with Gasteiger partial charge < -0.3 is 29.3 Å². The number of fused-ring (bicyclic) bond motifs is 1. The molecule has 1 N–H and O–H groups in total. The first-order valence-corrected chi connectivity index (χ1v) is 15.9.